The van der Waals surface area contributed by atoms with Crippen LogP contribution < -0.4 is 15.5 Å². The molecule has 3 N–H and O–H groups in total. The van der Waals surface area contributed by atoms with Crippen LogP contribution in [0.3, 0.4) is 0 Å². The summed E-state index contributed by atoms with van der Waals surface area (Å²) in [5, 5.41) is 16.3. The van der Waals surface area contributed by atoms with Gasteiger partial charge in [0.2, 0.25) is 11.9 Å². The Morgan fingerprint density at radius 3 is 2.64 bits per heavy atom. The van der Waals surface area contributed by atoms with E-state index < -0.39 is 0 Å². The number of aliphatic hydroxyl groups excluding tert-OH is 1. The zero-order valence-corrected chi connectivity index (χ0v) is 24.2. The van der Waals surface area contributed by atoms with Gasteiger partial charge in [-0.1, -0.05) is 67.7 Å². The summed E-state index contributed by atoms with van der Waals surface area (Å²) >= 11 is 7.50. The van der Waals surface area contributed by atoms with Crippen molar-refractivity contribution in [1.29, 1.82) is 0 Å². The van der Waals surface area contributed by atoms with E-state index in [-0.39, 0.29) is 12.5 Å². The Bertz CT molecular complexity index is 1210. The highest BCUT2D eigenvalue weighted by Crippen LogP contribution is 2.28. The standard InChI is InChI=1S/C27H37ClN8O2S/c1-3-4-5-6-7-11-22-30-25(33-26(31-22)36-14-12-35(13-15-36)16-17-37)34-27-29-18-21(39-27)24(38)32-23-19(2)9-8-10-20(23)28/h8-10,18,37H,3-7,11-17H2,1-2H3,(H,32,38)(H,29,30,31,33,34). The van der Waals surface area contributed by atoms with Gasteiger partial charge in [-0.2, -0.15) is 15.0 Å². The Kier molecular flexibility index (Phi) is 10.8. The average molecular weight is 573 g/mol. The number of β-amino-alcohol motifs (C(OH)–C–C–N with tert-alkyl or cyclic N) is 1. The fourth-order valence-corrected chi connectivity index (χ4v) is 5.39. The first-order valence-electron chi connectivity index (χ1n) is 13.6. The molecule has 2 aromatic heterocycles. The summed E-state index contributed by atoms with van der Waals surface area (Å²) in [6.07, 6.45) is 8.14. The van der Waals surface area contributed by atoms with Crippen LogP contribution in [0.5, 0.6) is 0 Å². The number of hydrogen-bond acceptors (Lipinski definition) is 10. The molecular formula is C27H37ClN8O2S. The third kappa shape index (κ3) is 8.31. The van der Waals surface area contributed by atoms with E-state index in [1.54, 1.807) is 6.07 Å². The van der Waals surface area contributed by atoms with Crippen LogP contribution in [-0.2, 0) is 6.42 Å². The number of carbonyl (C=O) groups is 1. The molecule has 0 unspecified atom stereocenters. The molecule has 1 saturated heterocycles. The number of piperazine rings is 1. The van der Waals surface area contributed by atoms with Gasteiger partial charge in [-0.25, -0.2) is 4.98 Å². The Hall–Kier alpha value is -2.86. The second-order valence-corrected chi connectivity index (χ2v) is 11.1. The minimum absolute atomic E-state index is 0.161. The molecule has 0 atom stereocenters. The van der Waals surface area contributed by atoms with Gasteiger partial charge in [0.05, 0.1) is 23.5 Å². The number of aromatic nitrogens is 4. The van der Waals surface area contributed by atoms with Crippen molar-refractivity contribution in [3.05, 3.63) is 45.7 Å². The second-order valence-electron chi connectivity index (χ2n) is 9.63. The Morgan fingerprint density at radius 2 is 1.90 bits per heavy atom. The van der Waals surface area contributed by atoms with E-state index in [9.17, 15) is 9.90 Å². The van der Waals surface area contributed by atoms with Crippen LogP contribution in [0.25, 0.3) is 0 Å². The summed E-state index contributed by atoms with van der Waals surface area (Å²) in [5.41, 5.74) is 1.48. The first kappa shape index (κ1) is 29.1. The molecule has 1 fully saturated rings. The number of amides is 1. The number of halogens is 1. The molecule has 0 saturated carbocycles. The maximum absolute atomic E-state index is 12.9. The number of benzene rings is 1. The van der Waals surface area contributed by atoms with Crippen LogP contribution in [0.15, 0.2) is 24.4 Å². The number of aryl methyl sites for hydroxylation is 2. The number of para-hydroxylation sites is 1. The van der Waals surface area contributed by atoms with E-state index >= 15 is 0 Å². The number of nitrogens with one attached hydrogen (secondary N) is 2. The number of carbonyl (C=O) groups excluding carboxylic acids is 1. The number of nitrogens with zero attached hydrogens (tertiary/aromatic N) is 6. The molecule has 1 aromatic carbocycles. The Labute approximate surface area is 238 Å². The summed E-state index contributed by atoms with van der Waals surface area (Å²) in [6.45, 7) is 8.19. The van der Waals surface area contributed by atoms with E-state index in [0.717, 1.165) is 56.8 Å². The summed E-state index contributed by atoms with van der Waals surface area (Å²) in [7, 11) is 0. The van der Waals surface area contributed by atoms with Gasteiger partial charge in [0, 0.05) is 39.1 Å². The first-order chi connectivity index (χ1) is 19.0. The average Bonchev–Trinajstić information content (AvgIpc) is 3.40. The van der Waals surface area contributed by atoms with Crippen LogP contribution >= 0.6 is 22.9 Å². The molecule has 1 aliphatic heterocycles. The minimum atomic E-state index is -0.276. The molecule has 39 heavy (non-hydrogen) atoms. The molecule has 0 radical (unpaired) electrons. The predicted octanol–water partition coefficient (Wildman–Crippen LogP) is 4.91. The van der Waals surface area contributed by atoms with Crippen LogP contribution in [0.2, 0.25) is 5.02 Å². The molecule has 12 heteroatoms. The molecule has 3 aromatic rings. The number of thiazole rings is 1. The third-order valence-corrected chi connectivity index (χ3v) is 7.88. The van der Waals surface area contributed by atoms with Gasteiger partial charge in [-0.15, -0.1) is 0 Å². The predicted molar refractivity (Wildman–Crippen MR) is 158 cm³/mol. The van der Waals surface area contributed by atoms with Crippen LogP contribution in [0.4, 0.5) is 22.7 Å². The first-order valence-corrected chi connectivity index (χ1v) is 14.8. The van der Waals surface area contributed by atoms with Crippen molar-refractivity contribution in [3.8, 4) is 0 Å². The van der Waals surface area contributed by atoms with Gasteiger partial charge < -0.3 is 15.3 Å². The van der Waals surface area contributed by atoms with E-state index in [0.29, 0.717) is 39.2 Å². The summed E-state index contributed by atoms with van der Waals surface area (Å²) in [5.74, 6) is 1.54. The summed E-state index contributed by atoms with van der Waals surface area (Å²) in [6, 6.07) is 5.49. The lowest BCUT2D eigenvalue weighted by molar-refractivity contribution is 0.103. The number of aliphatic hydroxyl groups is 1. The minimum Gasteiger partial charge on any atom is -0.395 e. The number of rotatable bonds is 13. The highest BCUT2D eigenvalue weighted by atomic mass is 35.5. The van der Waals surface area contributed by atoms with Gasteiger partial charge in [0.25, 0.3) is 5.91 Å². The lowest BCUT2D eigenvalue weighted by atomic mass is 10.1. The van der Waals surface area contributed by atoms with Crippen molar-refractivity contribution < 1.29 is 9.90 Å². The highest BCUT2D eigenvalue weighted by Gasteiger charge is 2.21. The molecule has 10 nitrogen and oxygen atoms in total. The Morgan fingerprint density at radius 1 is 1.10 bits per heavy atom. The SMILES string of the molecule is CCCCCCCc1nc(Nc2ncc(C(=O)Nc3c(C)cccc3Cl)s2)nc(N2CCN(CCO)CC2)n1. The molecule has 3 heterocycles. The van der Waals surface area contributed by atoms with Crippen molar-refractivity contribution in [2.24, 2.45) is 0 Å². The van der Waals surface area contributed by atoms with Gasteiger partial charge in [0.1, 0.15) is 10.7 Å². The zero-order valence-electron chi connectivity index (χ0n) is 22.6. The van der Waals surface area contributed by atoms with Gasteiger partial charge >= 0.3 is 0 Å². The molecule has 0 spiro atoms. The topological polar surface area (TPSA) is 119 Å². The van der Waals surface area contributed by atoms with Crippen LogP contribution in [0.1, 0.15) is 60.1 Å². The lowest BCUT2D eigenvalue weighted by Gasteiger charge is -2.34. The Balaban J connectivity index is 1.47. The maximum atomic E-state index is 12.9. The number of hydrogen-bond donors (Lipinski definition) is 3. The normalized spacial score (nSPS) is 14.0. The maximum Gasteiger partial charge on any atom is 0.267 e. The van der Waals surface area contributed by atoms with E-state index in [1.165, 1.54) is 36.8 Å². The summed E-state index contributed by atoms with van der Waals surface area (Å²) in [4.78, 5) is 36.3. The van der Waals surface area contributed by atoms with Crippen LogP contribution in [0, 0.1) is 6.92 Å². The fraction of sp³-hybridized carbons (Fsp3) is 0.519. The molecule has 210 valence electrons. The largest absolute Gasteiger partial charge is 0.395 e. The summed E-state index contributed by atoms with van der Waals surface area (Å²) < 4.78 is 0. The number of unbranched alkanes of at least 4 members (excludes halogenated alkanes) is 4. The van der Waals surface area contributed by atoms with E-state index in [4.69, 9.17) is 21.6 Å². The smallest absolute Gasteiger partial charge is 0.267 e. The van der Waals surface area contributed by atoms with Crippen molar-refractivity contribution in [3.63, 3.8) is 0 Å². The van der Waals surface area contributed by atoms with E-state index in [2.05, 4.69) is 37.3 Å². The molecule has 4 rings (SSSR count). The lowest BCUT2D eigenvalue weighted by Crippen LogP contribution is -2.47. The monoisotopic (exact) mass is 572 g/mol. The van der Waals surface area contributed by atoms with Gasteiger partial charge in [-0.05, 0) is 25.0 Å². The highest BCUT2D eigenvalue weighted by molar-refractivity contribution is 7.17. The van der Waals surface area contributed by atoms with Crippen LogP contribution in [-0.4, -0.2) is 75.2 Å². The van der Waals surface area contributed by atoms with Crippen molar-refractivity contribution in [2.45, 2.75) is 52.4 Å². The van der Waals surface area contributed by atoms with Gasteiger partial charge in [0.15, 0.2) is 5.13 Å². The molecular weight excluding hydrogens is 536 g/mol. The molecule has 0 bridgehead atoms. The molecule has 0 aliphatic carbocycles. The quantitative estimate of drug-likeness (QED) is 0.245. The van der Waals surface area contributed by atoms with Gasteiger partial charge in [-0.3, -0.25) is 15.0 Å². The van der Waals surface area contributed by atoms with Crippen molar-refractivity contribution >= 4 is 51.6 Å². The fourth-order valence-electron chi connectivity index (χ4n) is 4.41. The molecule has 1 amide bonds. The number of anilines is 4. The molecule has 1 aliphatic rings. The van der Waals surface area contributed by atoms with E-state index in [1.807, 2.05) is 19.1 Å². The van der Waals surface area contributed by atoms with Crippen molar-refractivity contribution in [1.82, 2.24) is 24.8 Å². The third-order valence-electron chi connectivity index (χ3n) is 6.65. The van der Waals surface area contributed by atoms with Crippen molar-refractivity contribution in [2.75, 3.05) is 54.9 Å². The zero-order chi connectivity index (χ0) is 27.6. The second kappa shape index (κ2) is 14.5.